The van der Waals surface area contributed by atoms with Gasteiger partial charge in [-0.05, 0) is 34.1 Å². The number of hydrazine groups is 1. The van der Waals surface area contributed by atoms with E-state index in [0.29, 0.717) is 9.48 Å². The molecule has 0 saturated heterocycles. The maximum Gasteiger partial charge on any atom is 0.276 e. The van der Waals surface area contributed by atoms with Crippen molar-refractivity contribution in [3.8, 4) is 0 Å². The van der Waals surface area contributed by atoms with Crippen molar-refractivity contribution in [2.75, 3.05) is 0 Å². The number of carbonyl (C=O) groups is 2. The Kier molecular flexibility index (Phi) is 3.54. The van der Waals surface area contributed by atoms with E-state index >= 15 is 0 Å². The van der Waals surface area contributed by atoms with Crippen LogP contribution in [-0.4, -0.2) is 16.8 Å². The number of carbonyl (C=O) groups excluding carboxylic acids is 2. The van der Waals surface area contributed by atoms with Crippen LogP contribution in [0.2, 0.25) is 0 Å². The summed E-state index contributed by atoms with van der Waals surface area (Å²) in [5.41, 5.74) is 0.00713. The van der Waals surface area contributed by atoms with Crippen molar-refractivity contribution in [2.24, 2.45) is 5.84 Å². The van der Waals surface area contributed by atoms with Gasteiger partial charge in [0, 0.05) is 11.4 Å². The van der Waals surface area contributed by atoms with Gasteiger partial charge in [-0.3, -0.25) is 9.59 Å². The van der Waals surface area contributed by atoms with E-state index in [0.717, 1.165) is 13.0 Å². The van der Waals surface area contributed by atoms with E-state index < -0.39 is 17.6 Å². The van der Waals surface area contributed by atoms with Crippen LogP contribution in [0.1, 0.15) is 17.3 Å². The summed E-state index contributed by atoms with van der Waals surface area (Å²) in [6.07, 6.45) is 0. The predicted molar refractivity (Wildman–Crippen MR) is 55.1 cm³/mol. The van der Waals surface area contributed by atoms with Crippen molar-refractivity contribution >= 4 is 27.7 Å². The Balaban J connectivity index is 3.11. The molecule has 2 amide bonds. The Labute approximate surface area is 94.0 Å². The third kappa shape index (κ3) is 2.60. The number of rotatable bonds is 1. The maximum absolute atomic E-state index is 12.9. The minimum atomic E-state index is -0.756. The fourth-order valence-corrected chi connectivity index (χ4v) is 1.35. The van der Waals surface area contributed by atoms with E-state index in [2.05, 4.69) is 15.9 Å². The van der Waals surface area contributed by atoms with E-state index in [1.54, 1.807) is 0 Å². The lowest BCUT2D eigenvalue weighted by atomic mass is 10.2. The molecule has 0 aliphatic carbocycles. The van der Waals surface area contributed by atoms with Gasteiger partial charge >= 0.3 is 0 Å². The van der Waals surface area contributed by atoms with E-state index in [4.69, 9.17) is 5.84 Å². The van der Waals surface area contributed by atoms with Crippen LogP contribution in [0.25, 0.3) is 0 Å². The molecule has 15 heavy (non-hydrogen) atoms. The Morgan fingerprint density at radius 3 is 2.60 bits per heavy atom. The minimum Gasteiger partial charge on any atom is -0.273 e. The molecule has 0 fully saturated rings. The van der Waals surface area contributed by atoms with Crippen LogP contribution in [0.3, 0.4) is 0 Å². The lowest BCUT2D eigenvalue weighted by Crippen LogP contribution is -2.41. The summed E-state index contributed by atoms with van der Waals surface area (Å²) in [6, 6.07) is 3.57. The SMILES string of the molecule is CC(=O)N(N)C(=O)c1cc(F)ccc1Br. The van der Waals surface area contributed by atoms with Gasteiger partial charge in [-0.15, -0.1) is 0 Å². The molecule has 1 rings (SSSR count). The molecule has 6 heteroatoms. The summed E-state index contributed by atoms with van der Waals surface area (Å²) in [5, 5.41) is 0.430. The first kappa shape index (κ1) is 11.8. The van der Waals surface area contributed by atoms with Gasteiger partial charge < -0.3 is 0 Å². The largest absolute Gasteiger partial charge is 0.276 e. The zero-order valence-corrected chi connectivity index (χ0v) is 9.42. The van der Waals surface area contributed by atoms with Gasteiger partial charge in [0.05, 0.1) is 5.56 Å². The normalized spacial score (nSPS) is 9.87. The summed E-state index contributed by atoms with van der Waals surface area (Å²) < 4.78 is 13.2. The first-order chi connectivity index (χ1) is 6.93. The van der Waals surface area contributed by atoms with E-state index in [1.165, 1.54) is 12.1 Å². The van der Waals surface area contributed by atoms with Gasteiger partial charge in [0.2, 0.25) is 5.91 Å². The van der Waals surface area contributed by atoms with Gasteiger partial charge in [-0.2, -0.15) is 0 Å². The summed E-state index contributed by atoms with van der Waals surface area (Å²) in [7, 11) is 0. The van der Waals surface area contributed by atoms with Crippen LogP contribution in [0.5, 0.6) is 0 Å². The first-order valence-corrected chi connectivity index (χ1v) is 4.77. The van der Waals surface area contributed by atoms with Gasteiger partial charge in [-0.25, -0.2) is 15.2 Å². The molecule has 1 aromatic rings. The lowest BCUT2D eigenvalue weighted by Gasteiger charge is -2.13. The molecule has 2 N–H and O–H groups in total. The molecule has 0 aromatic heterocycles. The average molecular weight is 275 g/mol. The van der Waals surface area contributed by atoms with Gasteiger partial charge in [0.1, 0.15) is 5.82 Å². The minimum absolute atomic E-state index is 0.00713. The highest BCUT2D eigenvalue weighted by atomic mass is 79.9. The zero-order valence-electron chi connectivity index (χ0n) is 7.83. The number of nitrogens with two attached hydrogens (primary N) is 1. The highest BCUT2D eigenvalue weighted by Gasteiger charge is 2.19. The van der Waals surface area contributed by atoms with Gasteiger partial charge in [0.25, 0.3) is 5.91 Å². The standard InChI is InChI=1S/C9H8BrFN2O2/c1-5(14)13(12)9(15)7-4-6(11)2-3-8(7)10/h2-4H,12H2,1H3. The van der Waals surface area contributed by atoms with E-state index in [1.807, 2.05) is 0 Å². The molecule has 0 unspecified atom stereocenters. The van der Waals surface area contributed by atoms with E-state index in [-0.39, 0.29) is 5.56 Å². The summed E-state index contributed by atoms with van der Waals surface area (Å²) in [6.45, 7) is 1.14. The second kappa shape index (κ2) is 4.50. The highest BCUT2D eigenvalue weighted by molar-refractivity contribution is 9.10. The van der Waals surface area contributed by atoms with Crippen LogP contribution >= 0.6 is 15.9 Å². The van der Waals surface area contributed by atoms with E-state index in [9.17, 15) is 14.0 Å². The fraction of sp³-hybridized carbons (Fsp3) is 0.111. The monoisotopic (exact) mass is 274 g/mol. The van der Waals surface area contributed by atoms with Crippen molar-refractivity contribution in [3.63, 3.8) is 0 Å². The lowest BCUT2D eigenvalue weighted by molar-refractivity contribution is -0.126. The number of imide groups is 1. The number of amides is 2. The van der Waals surface area contributed by atoms with Gasteiger partial charge in [0.15, 0.2) is 0 Å². The summed E-state index contributed by atoms with van der Waals surface area (Å²) >= 11 is 3.07. The number of hydrogen-bond acceptors (Lipinski definition) is 3. The number of hydrogen-bond donors (Lipinski definition) is 1. The third-order valence-corrected chi connectivity index (χ3v) is 2.41. The summed E-state index contributed by atoms with van der Waals surface area (Å²) in [4.78, 5) is 22.4. The summed E-state index contributed by atoms with van der Waals surface area (Å²) in [5.74, 6) is 3.26. The molecule has 0 aliphatic rings. The average Bonchev–Trinajstić information content (AvgIpc) is 2.19. The second-order valence-corrected chi connectivity index (χ2v) is 3.67. The van der Waals surface area contributed by atoms with Crippen molar-refractivity contribution in [1.82, 2.24) is 5.01 Å². The number of halogens is 2. The highest BCUT2D eigenvalue weighted by Crippen LogP contribution is 2.18. The molecule has 0 bridgehead atoms. The Morgan fingerprint density at radius 2 is 2.07 bits per heavy atom. The maximum atomic E-state index is 12.9. The molecule has 0 heterocycles. The van der Waals surface area contributed by atoms with Crippen LogP contribution in [0, 0.1) is 5.82 Å². The predicted octanol–water partition coefficient (Wildman–Crippen LogP) is 1.45. The fourth-order valence-electron chi connectivity index (χ4n) is 0.934. The third-order valence-electron chi connectivity index (χ3n) is 1.72. The van der Waals surface area contributed by atoms with Crippen LogP contribution in [0.15, 0.2) is 22.7 Å². The number of benzene rings is 1. The molecule has 4 nitrogen and oxygen atoms in total. The van der Waals surface area contributed by atoms with Gasteiger partial charge in [-0.1, -0.05) is 0 Å². The molecule has 0 spiro atoms. The molecular weight excluding hydrogens is 267 g/mol. The molecule has 0 atom stereocenters. The topological polar surface area (TPSA) is 63.4 Å². The molecule has 0 saturated carbocycles. The van der Waals surface area contributed by atoms with Crippen molar-refractivity contribution in [2.45, 2.75) is 6.92 Å². The Hall–Kier alpha value is -1.27. The van der Waals surface area contributed by atoms with Crippen molar-refractivity contribution < 1.29 is 14.0 Å². The number of nitrogens with zero attached hydrogens (tertiary/aromatic N) is 1. The zero-order chi connectivity index (χ0) is 11.6. The Morgan fingerprint density at radius 1 is 1.47 bits per heavy atom. The van der Waals surface area contributed by atoms with Crippen LogP contribution in [0.4, 0.5) is 4.39 Å². The molecule has 0 radical (unpaired) electrons. The van der Waals surface area contributed by atoms with Crippen LogP contribution in [-0.2, 0) is 4.79 Å². The smallest absolute Gasteiger partial charge is 0.273 e. The Bertz CT molecular complexity index is 423. The quantitative estimate of drug-likeness (QED) is 0.479. The van der Waals surface area contributed by atoms with Crippen LogP contribution < -0.4 is 5.84 Å². The molecular formula is C9H8BrFN2O2. The van der Waals surface area contributed by atoms with Crippen molar-refractivity contribution in [3.05, 3.63) is 34.1 Å². The second-order valence-electron chi connectivity index (χ2n) is 2.82. The van der Waals surface area contributed by atoms with Crippen molar-refractivity contribution in [1.29, 1.82) is 0 Å². The molecule has 0 aliphatic heterocycles. The molecule has 1 aromatic carbocycles. The molecule has 80 valence electrons. The first-order valence-electron chi connectivity index (χ1n) is 3.98.